The zero-order valence-corrected chi connectivity index (χ0v) is 9.25. The van der Waals surface area contributed by atoms with Crippen LogP contribution in [0.3, 0.4) is 0 Å². The fraction of sp³-hybridized carbons (Fsp3) is 0.636. The van der Waals surface area contributed by atoms with Crippen molar-refractivity contribution in [3.63, 3.8) is 0 Å². The van der Waals surface area contributed by atoms with Gasteiger partial charge < -0.3 is 5.32 Å². The molecule has 3 heteroatoms. The highest BCUT2D eigenvalue weighted by Crippen LogP contribution is 2.12. The van der Waals surface area contributed by atoms with E-state index in [9.17, 15) is 0 Å². The first-order valence-electron chi connectivity index (χ1n) is 5.29. The summed E-state index contributed by atoms with van der Waals surface area (Å²) in [6.07, 6.45) is 4.92. The van der Waals surface area contributed by atoms with Gasteiger partial charge in [-0.15, -0.1) is 0 Å². The maximum atomic E-state index is 4.35. The van der Waals surface area contributed by atoms with E-state index in [1.807, 2.05) is 12.4 Å². The molecule has 0 aliphatic heterocycles. The van der Waals surface area contributed by atoms with Crippen molar-refractivity contribution in [3.8, 4) is 0 Å². The van der Waals surface area contributed by atoms with Crippen LogP contribution in [0.4, 0.5) is 0 Å². The normalized spacial score (nSPS) is 12.8. The molecule has 0 amide bonds. The lowest BCUT2D eigenvalue weighted by molar-refractivity contribution is 0.667. The van der Waals surface area contributed by atoms with Gasteiger partial charge in [-0.2, -0.15) is 0 Å². The van der Waals surface area contributed by atoms with Crippen LogP contribution in [0.5, 0.6) is 0 Å². The molecule has 1 unspecified atom stereocenters. The summed E-state index contributed by atoms with van der Waals surface area (Å²) in [4.78, 5) is 8.70. The van der Waals surface area contributed by atoms with Crippen LogP contribution in [-0.2, 0) is 6.54 Å². The molecule has 0 saturated carbocycles. The maximum Gasteiger partial charge on any atom is 0.131 e. The van der Waals surface area contributed by atoms with Crippen molar-refractivity contribution in [2.45, 2.75) is 39.7 Å². The van der Waals surface area contributed by atoms with Gasteiger partial charge in [0, 0.05) is 30.4 Å². The minimum Gasteiger partial charge on any atom is -0.313 e. The predicted molar refractivity (Wildman–Crippen MR) is 58.1 cm³/mol. The standard InChI is InChI=1S/C11H19N3/c1-4-9(3)11-13-7-10(8-14-11)6-12-5-2/h7-9,12H,4-6H2,1-3H3. The van der Waals surface area contributed by atoms with E-state index in [0.29, 0.717) is 5.92 Å². The van der Waals surface area contributed by atoms with Gasteiger partial charge in [0.15, 0.2) is 0 Å². The molecule has 0 bridgehead atoms. The topological polar surface area (TPSA) is 37.8 Å². The van der Waals surface area contributed by atoms with Gasteiger partial charge >= 0.3 is 0 Å². The molecular weight excluding hydrogens is 174 g/mol. The zero-order valence-electron chi connectivity index (χ0n) is 9.25. The lowest BCUT2D eigenvalue weighted by atomic mass is 10.1. The first-order valence-corrected chi connectivity index (χ1v) is 5.29. The third kappa shape index (κ3) is 3.07. The van der Waals surface area contributed by atoms with Crippen LogP contribution >= 0.6 is 0 Å². The largest absolute Gasteiger partial charge is 0.313 e. The van der Waals surface area contributed by atoms with Crippen LogP contribution in [0.25, 0.3) is 0 Å². The van der Waals surface area contributed by atoms with Crippen molar-refractivity contribution in [1.29, 1.82) is 0 Å². The zero-order chi connectivity index (χ0) is 10.4. The van der Waals surface area contributed by atoms with Crippen LogP contribution < -0.4 is 5.32 Å². The monoisotopic (exact) mass is 193 g/mol. The highest BCUT2D eigenvalue weighted by atomic mass is 14.9. The smallest absolute Gasteiger partial charge is 0.131 e. The molecule has 0 spiro atoms. The Balaban J connectivity index is 2.59. The third-order valence-corrected chi connectivity index (χ3v) is 2.36. The molecule has 0 aliphatic rings. The number of nitrogens with one attached hydrogen (secondary N) is 1. The molecule has 1 aromatic heterocycles. The Hall–Kier alpha value is -0.960. The van der Waals surface area contributed by atoms with Crippen molar-refractivity contribution in [2.75, 3.05) is 6.54 Å². The highest BCUT2D eigenvalue weighted by Gasteiger charge is 2.05. The molecule has 0 aromatic carbocycles. The first kappa shape index (κ1) is 11.1. The van der Waals surface area contributed by atoms with E-state index in [2.05, 4.69) is 36.1 Å². The molecule has 1 aromatic rings. The fourth-order valence-electron chi connectivity index (χ4n) is 1.16. The molecule has 14 heavy (non-hydrogen) atoms. The SMILES string of the molecule is CCNCc1cnc(C(C)CC)nc1. The summed E-state index contributed by atoms with van der Waals surface area (Å²) in [6, 6.07) is 0. The van der Waals surface area contributed by atoms with Gasteiger partial charge in [-0.1, -0.05) is 20.8 Å². The Morgan fingerprint density at radius 3 is 2.43 bits per heavy atom. The summed E-state index contributed by atoms with van der Waals surface area (Å²) in [5, 5.41) is 3.25. The quantitative estimate of drug-likeness (QED) is 0.778. The number of rotatable bonds is 5. The Labute approximate surface area is 86.0 Å². The number of nitrogens with zero attached hydrogens (tertiary/aromatic N) is 2. The van der Waals surface area contributed by atoms with Crippen molar-refractivity contribution in [2.24, 2.45) is 0 Å². The third-order valence-electron chi connectivity index (χ3n) is 2.36. The van der Waals surface area contributed by atoms with E-state index >= 15 is 0 Å². The van der Waals surface area contributed by atoms with E-state index in [0.717, 1.165) is 30.9 Å². The lowest BCUT2D eigenvalue weighted by Crippen LogP contribution is -2.12. The van der Waals surface area contributed by atoms with E-state index in [-0.39, 0.29) is 0 Å². The number of hydrogen-bond donors (Lipinski definition) is 1. The van der Waals surface area contributed by atoms with Crippen molar-refractivity contribution in [3.05, 3.63) is 23.8 Å². The van der Waals surface area contributed by atoms with E-state index in [1.54, 1.807) is 0 Å². The average molecular weight is 193 g/mol. The Bertz CT molecular complexity index is 256. The van der Waals surface area contributed by atoms with Gasteiger partial charge in [-0.05, 0) is 13.0 Å². The second-order valence-electron chi connectivity index (χ2n) is 3.54. The molecule has 1 rings (SSSR count). The summed E-state index contributed by atoms with van der Waals surface area (Å²) in [6.45, 7) is 8.23. The average Bonchev–Trinajstić information content (AvgIpc) is 2.26. The summed E-state index contributed by atoms with van der Waals surface area (Å²) in [5.41, 5.74) is 1.15. The number of hydrogen-bond acceptors (Lipinski definition) is 3. The number of aromatic nitrogens is 2. The molecule has 3 nitrogen and oxygen atoms in total. The van der Waals surface area contributed by atoms with Gasteiger partial charge in [0.2, 0.25) is 0 Å². The minimum absolute atomic E-state index is 0.461. The molecule has 0 radical (unpaired) electrons. The highest BCUT2D eigenvalue weighted by molar-refractivity contribution is 5.06. The van der Waals surface area contributed by atoms with Crippen LogP contribution in [-0.4, -0.2) is 16.5 Å². The first-order chi connectivity index (χ1) is 6.77. The Morgan fingerprint density at radius 1 is 1.29 bits per heavy atom. The van der Waals surface area contributed by atoms with Gasteiger partial charge in [0.25, 0.3) is 0 Å². The van der Waals surface area contributed by atoms with E-state index in [1.165, 1.54) is 0 Å². The summed E-state index contributed by atoms with van der Waals surface area (Å²) in [7, 11) is 0. The van der Waals surface area contributed by atoms with Gasteiger partial charge in [0.05, 0.1) is 0 Å². The predicted octanol–water partition coefficient (Wildman–Crippen LogP) is 2.10. The summed E-state index contributed by atoms with van der Waals surface area (Å²) in [5.74, 6) is 1.41. The molecule has 0 fully saturated rings. The van der Waals surface area contributed by atoms with E-state index in [4.69, 9.17) is 0 Å². The summed E-state index contributed by atoms with van der Waals surface area (Å²) < 4.78 is 0. The minimum atomic E-state index is 0.461. The van der Waals surface area contributed by atoms with Crippen LogP contribution in [0.2, 0.25) is 0 Å². The molecular formula is C11H19N3. The fourth-order valence-corrected chi connectivity index (χ4v) is 1.16. The molecule has 1 N–H and O–H groups in total. The van der Waals surface area contributed by atoms with Crippen LogP contribution in [0.15, 0.2) is 12.4 Å². The van der Waals surface area contributed by atoms with Gasteiger partial charge in [0.1, 0.15) is 5.82 Å². The second kappa shape index (κ2) is 5.70. The van der Waals surface area contributed by atoms with Crippen LogP contribution in [0, 0.1) is 0 Å². The van der Waals surface area contributed by atoms with Crippen molar-refractivity contribution in [1.82, 2.24) is 15.3 Å². The maximum absolute atomic E-state index is 4.35. The molecule has 1 heterocycles. The second-order valence-corrected chi connectivity index (χ2v) is 3.54. The molecule has 1 atom stereocenters. The van der Waals surface area contributed by atoms with Crippen molar-refractivity contribution < 1.29 is 0 Å². The Morgan fingerprint density at radius 2 is 1.93 bits per heavy atom. The Kier molecular flexibility index (Phi) is 4.53. The van der Waals surface area contributed by atoms with Gasteiger partial charge in [-0.25, -0.2) is 9.97 Å². The molecule has 0 saturated heterocycles. The van der Waals surface area contributed by atoms with Crippen molar-refractivity contribution >= 4 is 0 Å². The molecule has 0 aliphatic carbocycles. The lowest BCUT2D eigenvalue weighted by Gasteiger charge is -2.07. The molecule has 78 valence electrons. The van der Waals surface area contributed by atoms with E-state index < -0.39 is 0 Å². The van der Waals surface area contributed by atoms with Crippen LogP contribution in [0.1, 0.15) is 44.5 Å². The summed E-state index contributed by atoms with van der Waals surface area (Å²) >= 11 is 0. The van der Waals surface area contributed by atoms with Gasteiger partial charge in [-0.3, -0.25) is 0 Å².